The summed E-state index contributed by atoms with van der Waals surface area (Å²) in [6.45, 7) is 7.58. The number of hydrogen-bond acceptors (Lipinski definition) is 5. The van der Waals surface area contributed by atoms with Crippen molar-refractivity contribution in [2.75, 3.05) is 19.8 Å². The minimum Gasteiger partial charge on any atom is -0.462 e. The highest BCUT2D eigenvalue weighted by Gasteiger charge is 2.17. The molecule has 0 fully saturated rings. The molecular formula is C53H94O5. The maximum Gasteiger partial charge on any atom is 0.306 e. The molecule has 0 aliphatic carbocycles. The molecule has 0 aromatic carbocycles. The molecular weight excluding hydrogens is 717 g/mol. The summed E-state index contributed by atoms with van der Waals surface area (Å²) in [4.78, 5) is 25.3. The van der Waals surface area contributed by atoms with Gasteiger partial charge in [-0.3, -0.25) is 9.59 Å². The minimum atomic E-state index is -0.563. The number of rotatable bonds is 45. The number of esters is 2. The molecule has 0 saturated carbocycles. The van der Waals surface area contributed by atoms with Crippen molar-refractivity contribution in [2.24, 2.45) is 0 Å². The third-order valence-corrected chi connectivity index (χ3v) is 10.5. The number of hydrogen-bond donors (Lipinski definition) is 0. The Morgan fingerprint density at radius 2 is 0.776 bits per heavy atom. The van der Waals surface area contributed by atoms with E-state index in [2.05, 4.69) is 81.5 Å². The van der Waals surface area contributed by atoms with Gasteiger partial charge < -0.3 is 14.2 Å². The van der Waals surface area contributed by atoms with E-state index < -0.39 is 6.10 Å². The maximum absolute atomic E-state index is 12.7. The summed E-state index contributed by atoms with van der Waals surface area (Å²) < 4.78 is 17.3. The van der Waals surface area contributed by atoms with Crippen LogP contribution in [0.25, 0.3) is 0 Å². The van der Waals surface area contributed by atoms with Crippen LogP contribution in [-0.4, -0.2) is 37.9 Å². The quantitative estimate of drug-likeness (QED) is 0.0348. The topological polar surface area (TPSA) is 61.8 Å². The Balaban J connectivity index is 4.30. The fourth-order valence-electron chi connectivity index (χ4n) is 6.86. The van der Waals surface area contributed by atoms with E-state index in [1.807, 2.05) is 0 Å². The van der Waals surface area contributed by atoms with Gasteiger partial charge in [-0.15, -0.1) is 0 Å². The molecule has 0 bridgehead atoms. The zero-order valence-corrected chi connectivity index (χ0v) is 38.6. The Morgan fingerprint density at radius 3 is 1.26 bits per heavy atom. The number of carbonyl (C=O) groups is 2. The van der Waals surface area contributed by atoms with Crippen LogP contribution >= 0.6 is 0 Å². The Bertz CT molecular complexity index is 1010. The highest BCUT2D eigenvalue weighted by Crippen LogP contribution is 2.14. The first kappa shape index (κ1) is 55.6. The van der Waals surface area contributed by atoms with Gasteiger partial charge in [-0.25, -0.2) is 0 Å². The van der Waals surface area contributed by atoms with Gasteiger partial charge in [0.25, 0.3) is 0 Å². The number of ether oxygens (including phenoxy) is 3. The Kier molecular flexibility index (Phi) is 46.9. The van der Waals surface area contributed by atoms with Crippen molar-refractivity contribution in [2.45, 2.75) is 245 Å². The summed E-state index contributed by atoms with van der Waals surface area (Å²) in [7, 11) is 0. The lowest BCUT2D eigenvalue weighted by molar-refractivity contribution is -0.163. The van der Waals surface area contributed by atoms with Crippen molar-refractivity contribution in [3.63, 3.8) is 0 Å². The molecule has 0 aliphatic rings. The molecule has 0 spiro atoms. The lowest BCUT2D eigenvalue weighted by Crippen LogP contribution is -2.30. The summed E-state index contributed by atoms with van der Waals surface area (Å²) >= 11 is 0. The van der Waals surface area contributed by atoms with E-state index in [4.69, 9.17) is 14.2 Å². The summed E-state index contributed by atoms with van der Waals surface area (Å²) in [5.41, 5.74) is 0. The van der Waals surface area contributed by atoms with Crippen LogP contribution in [0.4, 0.5) is 0 Å². The standard InChI is InChI=1S/C53H94O5/c1-4-7-10-13-16-19-22-24-26-27-28-29-32-34-37-40-43-46-52(54)57-50-51(58-53(55)47-44-41-38-35-31-21-18-15-12-9-6-3)49-56-48-45-42-39-36-33-30-25-23-20-17-14-11-8-5-2/h8,11,17,20,24-26,30,36,39,51H,4-7,9-10,12-16,18-19,21-23,27-29,31-35,37-38,40-50H2,1-3H3/b11-8-,20-17-,26-24-,30-25-,39-36-. The van der Waals surface area contributed by atoms with Crippen molar-refractivity contribution < 1.29 is 23.8 Å². The first-order chi connectivity index (χ1) is 28.6. The number of unbranched alkanes of at least 4 members (excludes halogenated alkanes) is 24. The van der Waals surface area contributed by atoms with Gasteiger partial charge in [0.05, 0.1) is 6.61 Å². The average Bonchev–Trinajstić information content (AvgIpc) is 3.22. The summed E-state index contributed by atoms with van der Waals surface area (Å²) in [6.07, 6.45) is 60.9. The van der Waals surface area contributed by atoms with E-state index in [1.165, 1.54) is 135 Å². The van der Waals surface area contributed by atoms with Crippen molar-refractivity contribution in [1.82, 2.24) is 0 Å². The summed E-state index contributed by atoms with van der Waals surface area (Å²) in [5.74, 6) is -0.428. The van der Waals surface area contributed by atoms with E-state index in [0.717, 1.165) is 70.6 Å². The summed E-state index contributed by atoms with van der Waals surface area (Å²) in [5, 5.41) is 0. The second-order valence-electron chi connectivity index (χ2n) is 16.3. The van der Waals surface area contributed by atoms with Gasteiger partial charge >= 0.3 is 11.9 Å². The van der Waals surface area contributed by atoms with E-state index in [-0.39, 0.29) is 25.2 Å². The zero-order chi connectivity index (χ0) is 42.1. The predicted octanol–water partition coefficient (Wildman–Crippen LogP) is 16.6. The Labute approximate surface area is 360 Å². The van der Waals surface area contributed by atoms with Gasteiger partial charge in [-0.1, -0.05) is 210 Å². The van der Waals surface area contributed by atoms with Crippen molar-refractivity contribution in [3.8, 4) is 0 Å². The zero-order valence-electron chi connectivity index (χ0n) is 38.6. The van der Waals surface area contributed by atoms with Gasteiger partial charge in [0.1, 0.15) is 6.61 Å². The van der Waals surface area contributed by atoms with Crippen LogP contribution in [0.15, 0.2) is 60.8 Å². The lowest BCUT2D eigenvalue weighted by atomic mass is 10.1. The molecule has 0 aromatic heterocycles. The van der Waals surface area contributed by atoms with Crippen LogP contribution in [0, 0.1) is 0 Å². The molecule has 0 rings (SSSR count). The Hall–Kier alpha value is -2.40. The highest BCUT2D eigenvalue weighted by atomic mass is 16.6. The van der Waals surface area contributed by atoms with Crippen LogP contribution in [0.1, 0.15) is 239 Å². The monoisotopic (exact) mass is 811 g/mol. The maximum atomic E-state index is 12.7. The predicted molar refractivity (Wildman–Crippen MR) is 251 cm³/mol. The van der Waals surface area contributed by atoms with Crippen LogP contribution < -0.4 is 0 Å². The fourth-order valence-corrected chi connectivity index (χ4v) is 6.86. The van der Waals surface area contributed by atoms with Gasteiger partial charge in [-0.05, 0) is 77.0 Å². The van der Waals surface area contributed by atoms with Crippen LogP contribution in [0.3, 0.4) is 0 Å². The van der Waals surface area contributed by atoms with Gasteiger partial charge in [0.2, 0.25) is 0 Å². The third kappa shape index (κ3) is 46.3. The molecule has 58 heavy (non-hydrogen) atoms. The number of carbonyl (C=O) groups excluding carboxylic acids is 2. The second-order valence-corrected chi connectivity index (χ2v) is 16.3. The first-order valence-electron chi connectivity index (χ1n) is 24.8. The smallest absolute Gasteiger partial charge is 0.306 e. The molecule has 5 heteroatoms. The molecule has 336 valence electrons. The van der Waals surface area contributed by atoms with E-state index in [1.54, 1.807) is 0 Å². The number of allylic oxidation sites excluding steroid dienone is 10. The normalized spacial score (nSPS) is 12.7. The molecule has 0 heterocycles. The molecule has 1 unspecified atom stereocenters. The van der Waals surface area contributed by atoms with Crippen molar-refractivity contribution in [1.29, 1.82) is 0 Å². The van der Waals surface area contributed by atoms with E-state index in [0.29, 0.717) is 19.4 Å². The average molecular weight is 811 g/mol. The minimum absolute atomic E-state index is 0.0626. The molecule has 5 nitrogen and oxygen atoms in total. The lowest BCUT2D eigenvalue weighted by Gasteiger charge is -2.18. The molecule has 0 aromatic rings. The molecule has 0 radical (unpaired) electrons. The van der Waals surface area contributed by atoms with Crippen molar-refractivity contribution in [3.05, 3.63) is 60.8 Å². The molecule has 1 atom stereocenters. The van der Waals surface area contributed by atoms with Crippen molar-refractivity contribution >= 4 is 11.9 Å². The molecule has 0 aliphatic heterocycles. The molecule has 0 saturated heterocycles. The Morgan fingerprint density at radius 1 is 0.397 bits per heavy atom. The highest BCUT2D eigenvalue weighted by molar-refractivity contribution is 5.70. The SMILES string of the molecule is CC/C=C\C/C=C\C/C=C\C/C=C\CCCOCC(COC(=O)CCCCCCCCC/C=C\CCCCCCCC)OC(=O)CCCCCCCCCCCCC. The fraction of sp³-hybridized carbons (Fsp3) is 0.774. The van der Waals surface area contributed by atoms with Gasteiger partial charge in [-0.2, -0.15) is 0 Å². The second kappa shape index (κ2) is 49.0. The molecule has 0 amide bonds. The van der Waals surface area contributed by atoms with Crippen LogP contribution in [0.2, 0.25) is 0 Å². The van der Waals surface area contributed by atoms with Gasteiger partial charge in [0.15, 0.2) is 6.10 Å². The van der Waals surface area contributed by atoms with Crippen LogP contribution in [0.5, 0.6) is 0 Å². The third-order valence-electron chi connectivity index (χ3n) is 10.5. The largest absolute Gasteiger partial charge is 0.462 e. The van der Waals surface area contributed by atoms with Gasteiger partial charge in [0, 0.05) is 19.4 Å². The summed E-state index contributed by atoms with van der Waals surface area (Å²) in [6, 6.07) is 0. The van der Waals surface area contributed by atoms with Crippen LogP contribution in [-0.2, 0) is 23.8 Å². The molecule has 0 N–H and O–H groups in total. The van der Waals surface area contributed by atoms with E-state index in [9.17, 15) is 9.59 Å². The van der Waals surface area contributed by atoms with E-state index >= 15 is 0 Å². The first-order valence-corrected chi connectivity index (χ1v) is 24.8.